The number of rotatable bonds is 5. The summed E-state index contributed by atoms with van der Waals surface area (Å²) >= 11 is 11.9. The van der Waals surface area contributed by atoms with Gasteiger partial charge in [0, 0.05) is 12.7 Å². The number of carbonyl (C=O) groups is 1. The van der Waals surface area contributed by atoms with Gasteiger partial charge in [0.05, 0.1) is 10.0 Å². The fraction of sp³-hybridized carbons (Fsp3) is 0.188. The van der Waals surface area contributed by atoms with Gasteiger partial charge in [0.2, 0.25) is 0 Å². The minimum absolute atomic E-state index is 0.134. The van der Waals surface area contributed by atoms with Gasteiger partial charge in [0.1, 0.15) is 11.9 Å². The summed E-state index contributed by atoms with van der Waals surface area (Å²) in [6.45, 7) is 0. The number of hydrogen-bond donors (Lipinski definition) is 2. The highest BCUT2D eigenvalue weighted by Gasteiger charge is 2.46. The molecule has 0 amide bonds. The van der Waals surface area contributed by atoms with E-state index in [1.54, 1.807) is 30.3 Å². The molecule has 0 fully saturated rings. The molecule has 0 aliphatic heterocycles. The third-order valence-corrected chi connectivity index (χ3v) is 4.48. The molecule has 0 saturated heterocycles. The van der Waals surface area contributed by atoms with Gasteiger partial charge in [-0.2, -0.15) is 0 Å². The zero-order chi connectivity index (χ0) is 17.2. The van der Waals surface area contributed by atoms with Crippen LogP contribution in [0.15, 0.2) is 42.5 Å². The average molecular weight is 358 g/mol. The molecule has 0 saturated carbocycles. The molecule has 23 heavy (non-hydrogen) atoms. The van der Waals surface area contributed by atoms with Crippen LogP contribution in [0, 0.1) is 5.82 Å². The Morgan fingerprint density at radius 3 is 2.35 bits per heavy atom. The Balaban J connectivity index is 2.66. The molecular weight excluding hydrogens is 344 g/mol. The first kappa shape index (κ1) is 17.7. The molecule has 2 aromatic rings. The standard InChI is InChI=1S/C16H14Cl2FNO3/c1-23-14(10-7-8-11(19)13(18)12(10)17)16(20,15(21)22)9-5-3-2-4-6-9/h2-8,14H,20H2,1H3,(H,21,22). The summed E-state index contributed by atoms with van der Waals surface area (Å²) in [6, 6.07) is 10.6. The number of carboxylic acids is 1. The predicted molar refractivity (Wildman–Crippen MR) is 86.1 cm³/mol. The second kappa shape index (κ2) is 6.84. The lowest BCUT2D eigenvalue weighted by Crippen LogP contribution is -2.50. The minimum atomic E-state index is -1.93. The highest BCUT2D eigenvalue weighted by atomic mass is 35.5. The van der Waals surface area contributed by atoms with Crippen LogP contribution in [-0.2, 0) is 15.1 Å². The molecule has 0 aliphatic rings. The van der Waals surface area contributed by atoms with E-state index in [-0.39, 0.29) is 15.6 Å². The van der Waals surface area contributed by atoms with Crippen LogP contribution < -0.4 is 5.73 Å². The number of benzene rings is 2. The Bertz CT molecular complexity index is 727. The largest absolute Gasteiger partial charge is 0.480 e. The van der Waals surface area contributed by atoms with Gasteiger partial charge in [0.15, 0.2) is 5.54 Å². The Labute approximate surface area is 142 Å². The van der Waals surface area contributed by atoms with Crippen LogP contribution in [0.1, 0.15) is 17.2 Å². The Morgan fingerprint density at radius 1 is 1.22 bits per heavy atom. The van der Waals surface area contributed by atoms with E-state index < -0.39 is 23.4 Å². The first-order valence-corrected chi connectivity index (χ1v) is 7.33. The summed E-state index contributed by atoms with van der Waals surface area (Å²) in [5.41, 5.74) is 4.76. The number of hydrogen-bond acceptors (Lipinski definition) is 3. The molecule has 0 radical (unpaired) electrons. The van der Waals surface area contributed by atoms with Crippen LogP contribution in [0.3, 0.4) is 0 Å². The van der Waals surface area contributed by atoms with Gasteiger partial charge in [-0.25, -0.2) is 9.18 Å². The van der Waals surface area contributed by atoms with E-state index in [9.17, 15) is 14.3 Å². The smallest absolute Gasteiger partial charge is 0.331 e. The number of carboxylic acid groups (broad SMARTS) is 1. The molecule has 7 heteroatoms. The van der Waals surface area contributed by atoms with Crippen LogP contribution in [0.5, 0.6) is 0 Å². The molecule has 3 N–H and O–H groups in total. The highest BCUT2D eigenvalue weighted by Crippen LogP contribution is 2.41. The molecule has 0 spiro atoms. The molecule has 2 rings (SSSR count). The lowest BCUT2D eigenvalue weighted by atomic mass is 9.82. The maximum atomic E-state index is 13.5. The van der Waals surface area contributed by atoms with Crippen LogP contribution in [0.25, 0.3) is 0 Å². The Kier molecular flexibility index (Phi) is 5.26. The molecule has 0 aromatic heterocycles. The van der Waals surface area contributed by atoms with Crippen molar-refractivity contribution in [2.75, 3.05) is 7.11 Å². The monoisotopic (exact) mass is 357 g/mol. The molecule has 4 nitrogen and oxygen atoms in total. The maximum absolute atomic E-state index is 13.5. The summed E-state index contributed by atoms with van der Waals surface area (Å²) in [7, 11) is 1.30. The number of ether oxygens (including phenoxy) is 1. The van der Waals surface area contributed by atoms with E-state index in [0.717, 1.165) is 6.07 Å². The predicted octanol–water partition coefficient (Wildman–Crippen LogP) is 3.76. The van der Waals surface area contributed by atoms with E-state index in [1.165, 1.54) is 13.2 Å². The minimum Gasteiger partial charge on any atom is -0.480 e. The molecule has 2 atom stereocenters. The topological polar surface area (TPSA) is 72.5 Å². The first-order chi connectivity index (χ1) is 10.8. The molecule has 2 aromatic carbocycles. The van der Waals surface area contributed by atoms with Crippen LogP contribution in [0.4, 0.5) is 4.39 Å². The lowest BCUT2D eigenvalue weighted by molar-refractivity contribution is -0.150. The van der Waals surface area contributed by atoms with Crippen molar-refractivity contribution in [1.29, 1.82) is 0 Å². The second-order valence-corrected chi connectivity index (χ2v) is 5.68. The SMILES string of the molecule is COC(c1ccc(F)c(Cl)c1Cl)C(N)(C(=O)O)c1ccccc1. The van der Waals surface area contributed by atoms with Crippen LogP contribution in [0.2, 0.25) is 10.0 Å². The summed E-state index contributed by atoms with van der Waals surface area (Å²) in [6.07, 6.45) is -1.17. The summed E-state index contributed by atoms with van der Waals surface area (Å²) in [4.78, 5) is 11.9. The maximum Gasteiger partial charge on any atom is 0.331 e. The van der Waals surface area contributed by atoms with Crippen molar-refractivity contribution in [3.05, 3.63) is 69.5 Å². The zero-order valence-corrected chi connectivity index (χ0v) is 13.6. The quantitative estimate of drug-likeness (QED) is 0.799. The normalized spacial score (nSPS) is 15.0. The third kappa shape index (κ3) is 3.05. The Morgan fingerprint density at radius 2 is 1.83 bits per heavy atom. The van der Waals surface area contributed by atoms with E-state index in [4.69, 9.17) is 33.7 Å². The number of halogens is 3. The van der Waals surface area contributed by atoms with Crippen molar-refractivity contribution < 1.29 is 19.0 Å². The molecule has 122 valence electrons. The van der Waals surface area contributed by atoms with E-state index in [0.29, 0.717) is 5.56 Å². The van der Waals surface area contributed by atoms with Crippen molar-refractivity contribution in [2.24, 2.45) is 5.73 Å². The molecule has 0 bridgehead atoms. The van der Waals surface area contributed by atoms with Gasteiger partial charge in [0.25, 0.3) is 0 Å². The first-order valence-electron chi connectivity index (χ1n) is 6.58. The van der Waals surface area contributed by atoms with Crippen molar-refractivity contribution in [3.63, 3.8) is 0 Å². The van der Waals surface area contributed by atoms with E-state index >= 15 is 0 Å². The lowest BCUT2D eigenvalue weighted by Gasteiger charge is -2.34. The fourth-order valence-electron chi connectivity index (χ4n) is 2.40. The van der Waals surface area contributed by atoms with Gasteiger partial charge in [-0.3, -0.25) is 0 Å². The fourth-order valence-corrected chi connectivity index (χ4v) is 2.83. The zero-order valence-electron chi connectivity index (χ0n) is 12.1. The third-order valence-electron chi connectivity index (χ3n) is 3.60. The van der Waals surface area contributed by atoms with Gasteiger partial charge in [-0.05, 0) is 11.6 Å². The second-order valence-electron chi connectivity index (χ2n) is 4.92. The van der Waals surface area contributed by atoms with Gasteiger partial charge in [-0.1, -0.05) is 59.6 Å². The van der Waals surface area contributed by atoms with Crippen molar-refractivity contribution >= 4 is 29.2 Å². The number of nitrogens with two attached hydrogens (primary N) is 1. The highest BCUT2D eigenvalue weighted by molar-refractivity contribution is 6.42. The summed E-state index contributed by atoms with van der Waals surface area (Å²) < 4.78 is 18.8. The van der Waals surface area contributed by atoms with Gasteiger partial charge in [-0.15, -0.1) is 0 Å². The summed E-state index contributed by atoms with van der Waals surface area (Å²) in [5, 5.41) is 9.26. The molecule has 0 aliphatic carbocycles. The number of aliphatic carboxylic acids is 1. The van der Waals surface area contributed by atoms with Crippen molar-refractivity contribution in [2.45, 2.75) is 11.6 Å². The van der Waals surface area contributed by atoms with E-state index in [2.05, 4.69) is 0 Å². The van der Waals surface area contributed by atoms with Crippen LogP contribution in [-0.4, -0.2) is 18.2 Å². The molecular formula is C16H14Cl2FNO3. The van der Waals surface area contributed by atoms with Gasteiger partial charge >= 0.3 is 5.97 Å². The number of methoxy groups -OCH3 is 1. The van der Waals surface area contributed by atoms with Crippen molar-refractivity contribution in [3.8, 4) is 0 Å². The van der Waals surface area contributed by atoms with Crippen molar-refractivity contribution in [1.82, 2.24) is 0 Å². The summed E-state index contributed by atoms with van der Waals surface area (Å²) in [5.74, 6) is -2.03. The molecule has 2 unspecified atom stereocenters. The molecule has 0 heterocycles. The van der Waals surface area contributed by atoms with Crippen LogP contribution >= 0.6 is 23.2 Å². The average Bonchev–Trinajstić information content (AvgIpc) is 2.55. The Hall–Kier alpha value is -1.66. The van der Waals surface area contributed by atoms with E-state index in [1.807, 2.05) is 0 Å². The van der Waals surface area contributed by atoms with Gasteiger partial charge < -0.3 is 15.6 Å².